The quantitative estimate of drug-likeness (QED) is 0.435. The van der Waals surface area contributed by atoms with Gasteiger partial charge in [-0.25, -0.2) is 0 Å². The van der Waals surface area contributed by atoms with Crippen molar-refractivity contribution in [3.8, 4) is 17.2 Å². The molecule has 3 aromatic carbocycles. The molecule has 0 heterocycles. The predicted molar refractivity (Wildman–Crippen MR) is 114 cm³/mol. The first-order valence-corrected chi connectivity index (χ1v) is 9.67. The van der Waals surface area contributed by atoms with E-state index in [1.807, 2.05) is 6.07 Å². The number of benzene rings is 3. The SMILES string of the molecule is O=C(CNc1ccc(OCCO)cc1C(F)(F)F)Nc1ccccc1Oc1ccccc1. The van der Waals surface area contributed by atoms with Crippen LogP contribution < -0.4 is 20.1 Å². The Bertz CT molecular complexity index is 1040. The van der Waals surface area contributed by atoms with Gasteiger partial charge in [0.15, 0.2) is 5.75 Å². The van der Waals surface area contributed by atoms with Crippen LogP contribution in [0.4, 0.5) is 24.5 Å². The number of rotatable bonds is 9. The Morgan fingerprint density at radius 2 is 1.62 bits per heavy atom. The molecule has 0 aliphatic rings. The molecule has 1 amide bonds. The van der Waals surface area contributed by atoms with Crippen LogP contribution in [0.2, 0.25) is 0 Å². The molecule has 3 N–H and O–H groups in total. The molecular weight excluding hydrogens is 425 g/mol. The lowest BCUT2D eigenvalue weighted by atomic mass is 10.1. The van der Waals surface area contributed by atoms with E-state index in [1.54, 1.807) is 48.5 Å². The van der Waals surface area contributed by atoms with Gasteiger partial charge >= 0.3 is 6.18 Å². The number of ether oxygens (including phenoxy) is 2. The Balaban J connectivity index is 1.68. The maximum Gasteiger partial charge on any atom is 0.418 e. The Morgan fingerprint density at radius 1 is 0.906 bits per heavy atom. The first-order valence-electron chi connectivity index (χ1n) is 9.67. The van der Waals surface area contributed by atoms with E-state index < -0.39 is 24.2 Å². The lowest BCUT2D eigenvalue weighted by Gasteiger charge is -2.17. The first-order chi connectivity index (χ1) is 15.4. The molecular formula is C23H21F3N2O4. The van der Waals surface area contributed by atoms with Crippen molar-refractivity contribution in [2.75, 3.05) is 30.4 Å². The Morgan fingerprint density at radius 3 is 2.34 bits per heavy atom. The minimum atomic E-state index is -4.66. The maximum absolute atomic E-state index is 13.4. The van der Waals surface area contributed by atoms with Crippen molar-refractivity contribution >= 4 is 17.3 Å². The van der Waals surface area contributed by atoms with E-state index in [0.29, 0.717) is 17.2 Å². The van der Waals surface area contributed by atoms with Gasteiger partial charge < -0.3 is 25.2 Å². The number of aliphatic hydroxyl groups excluding tert-OH is 1. The number of aliphatic hydroxyl groups is 1. The average molecular weight is 446 g/mol. The van der Waals surface area contributed by atoms with Gasteiger partial charge in [-0.2, -0.15) is 13.2 Å². The number of carbonyl (C=O) groups excluding carboxylic acids is 1. The number of para-hydroxylation sites is 3. The number of alkyl halides is 3. The second-order valence-electron chi connectivity index (χ2n) is 6.59. The smallest absolute Gasteiger partial charge is 0.418 e. The van der Waals surface area contributed by atoms with E-state index in [0.717, 1.165) is 6.07 Å². The van der Waals surface area contributed by atoms with Gasteiger partial charge in [-0.1, -0.05) is 30.3 Å². The van der Waals surface area contributed by atoms with Crippen molar-refractivity contribution in [2.45, 2.75) is 6.18 Å². The summed E-state index contributed by atoms with van der Waals surface area (Å²) in [4.78, 5) is 12.4. The number of nitrogens with one attached hydrogen (secondary N) is 2. The predicted octanol–water partition coefficient (Wildman–Crippen LogP) is 4.92. The fourth-order valence-electron chi connectivity index (χ4n) is 2.81. The van der Waals surface area contributed by atoms with Gasteiger partial charge in [0.25, 0.3) is 0 Å². The lowest BCUT2D eigenvalue weighted by molar-refractivity contribution is -0.137. The largest absolute Gasteiger partial charge is 0.491 e. The van der Waals surface area contributed by atoms with Crippen LogP contribution in [0.1, 0.15) is 5.56 Å². The van der Waals surface area contributed by atoms with Crippen LogP contribution in [0.15, 0.2) is 72.8 Å². The number of hydrogen-bond donors (Lipinski definition) is 3. The molecule has 0 aliphatic heterocycles. The molecule has 0 bridgehead atoms. The number of amides is 1. The van der Waals surface area contributed by atoms with Gasteiger partial charge in [-0.3, -0.25) is 4.79 Å². The second kappa shape index (κ2) is 10.5. The summed E-state index contributed by atoms with van der Waals surface area (Å²) >= 11 is 0. The van der Waals surface area contributed by atoms with Crippen LogP contribution in [0.5, 0.6) is 17.2 Å². The van der Waals surface area contributed by atoms with E-state index >= 15 is 0 Å². The zero-order valence-corrected chi connectivity index (χ0v) is 16.9. The summed E-state index contributed by atoms with van der Waals surface area (Å²) < 4.78 is 51.1. The highest BCUT2D eigenvalue weighted by Crippen LogP contribution is 2.37. The van der Waals surface area contributed by atoms with E-state index in [2.05, 4.69) is 10.6 Å². The Kier molecular flexibility index (Phi) is 7.56. The second-order valence-corrected chi connectivity index (χ2v) is 6.59. The van der Waals surface area contributed by atoms with E-state index in [-0.39, 0.29) is 24.7 Å². The molecule has 0 saturated carbocycles. The monoisotopic (exact) mass is 446 g/mol. The van der Waals surface area contributed by atoms with E-state index in [9.17, 15) is 18.0 Å². The van der Waals surface area contributed by atoms with Crippen molar-refractivity contribution in [3.63, 3.8) is 0 Å². The van der Waals surface area contributed by atoms with Crippen molar-refractivity contribution < 1.29 is 32.5 Å². The summed E-state index contributed by atoms with van der Waals surface area (Å²) in [6, 6.07) is 19.0. The van der Waals surface area contributed by atoms with Gasteiger partial charge in [0.1, 0.15) is 18.1 Å². The Labute approximate surface area is 182 Å². The molecule has 32 heavy (non-hydrogen) atoms. The van der Waals surface area contributed by atoms with Gasteiger partial charge in [0, 0.05) is 5.69 Å². The number of hydrogen-bond acceptors (Lipinski definition) is 5. The fraction of sp³-hybridized carbons (Fsp3) is 0.174. The van der Waals surface area contributed by atoms with Crippen molar-refractivity contribution in [3.05, 3.63) is 78.4 Å². The molecule has 0 atom stereocenters. The number of halogens is 3. The fourth-order valence-corrected chi connectivity index (χ4v) is 2.81. The third-order valence-electron chi connectivity index (χ3n) is 4.23. The summed E-state index contributed by atoms with van der Waals surface area (Å²) in [5.41, 5.74) is -0.863. The molecule has 3 rings (SSSR count). The van der Waals surface area contributed by atoms with Crippen molar-refractivity contribution in [2.24, 2.45) is 0 Å². The number of carbonyl (C=O) groups is 1. The normalized spacial score (nSPS) is 11.0. The third-order valence-corrected chi connectivity index (χ3v) is 4.23. The van der Waals surface area contributed by atoms with Crippen molar-refractivity contribution in [1.29, 1.82) is 0 Å². The van der Waals surface area contributed by atoms with Gasteiger partial charge in [0.05, 0.1) is 24.4 Å². The molecule has 168 valence electrons. The minimum Gasteiger partial charge on any atom is -0.491 e. The van der Waals surface area contributed by atoms with Crippen LogP contribution >= 0.6 is 0 Å². The van der Waals surface area contributed by atoms with Gasteiger partial charge in [-0.05, 0) is 42.5 Å². The van der Waals surface area contributed by atoms with Crippen molar-refractivity contribution in [1.82, 2.24) is 0 Å². The molecule has 3 aromatic rings. The van der Waals surface area contributed by atoms with Crippen LogP contribution in [0, 0.1) is 0 Å². The summed E-state index contributed by atoms with van der Waals surface area (Å²) in [6.07, 6.45) is -4.66. The third kappa shape index (κ3) is 6.39. The summed E-state index contributed by atoms with van der Waals surface area (Å²) in [5, 5.41) is 13.9. The highest BCUT2D eigenvalue weighted by atomic mass is 19.4. The lowest BCUT2D eigenvalue weighted by Crippen LogP contribution is -2.23. The standard InChI is InChI=1S/C23H21F3N2O4/c24-23(25,26)18-14-17(31-13-12-29)10-11-19(18)27-15-22(30)28-20-8-4-5-9-21(20)32-16-6-2-1-3-7-16/h1-11,14,27,29H,12-13,15H2,(H,28,30). The molecule has 0 aromatic heterocycles. The Hall–Kier alpha value is -3.72. The highest BCUT2D eigenvalue weighted by Gasteiger charge is 2.34. The minimum absolute atomic E-state index is 0.0339. The maximum atomic E-state index is 13.4. The average Bonchev–Trinajstić information content (AvgIpc) is 2.78. The molecule has 0 unspecified atom stereocenters. The van der Waals surface area contributed by atoms with Gasteiger partial charge in [-0.15, -0.1) is 0 Å². The van der Waals surface area contributed by atoms with Gasteiger partial charge in [0.2, 0.25) is 5.91 Å². The summed E-state index contributed by atoms with van der Waals surface area (Å²) in [5.74, 6) is 0.385. The number of anilines is 2. The van der Waals surface area contributed by atoms with E-state index in [1.165, 1.54) is 12.1 Å². The van der Waals surface area contributed by atoms with E-state index in [4.69, 9.17) is 14.6 Å². The van der Waals surface area contributed by atoms with Crippen LogP contribution in [-0.4, -0.2) is 30.8 Å². The molecule has 0 spiro atoms. The summed E-state index contributed by atoms with van der Waals surface area (Å²) in [7, 11) is 0. The highest BCUT2D eigenvalue weighted by molar-refractivity contribution is 5.95. The topological polar surface area (TPSA) is 79.8 Å². The van der Waals surface area contributed by atoms with Crippen LogP contribution in [0.3, 0.4) is 0 Å². The molecule has 0 aliphatic carbocycles. The molecule has 0 fully saturated rings. The van der Waals surface area contributed by atoms with Crippen LogP contribution in [0.25, 0.3) is 0 Å². The summed E-state index contributed by atoms with van der Waals surface area (Å²) in [6.45, 7) is -0.854. The molecule has 9 heteroatoms. The van der Waals surface area contributed by atoms with Crippen LogP contribution in [-0.2, 0) is 11.0 Å². The molecule has 0 saturated heterocycles. The first kappa shape index (κ1) is 23.0. The zero-order valence-electron chi connectivity index (χ0n) is 16.9. The molecule has 0 radical (unpaired) electrons. The zero-order chi connectivity index (χ0) is 23.0. The molecule has 6 nitrogen and oxygen atoms in total.